The molecule has 0 aliphatic carbocycles. The van der Waals surface area contributed by atoms with E-state index in [1.54, 1.807) is 6.92 Å². The van der Waals surface area contributed by atoms with Gasteiger partial charge in [0, 0.05) is 0 Å². The van der Waals surface area contributed by atoms with Gasteiger partial charge in [0.05, 0.1) is 25.6 Å². The average Bonchev–Trinajstić information content (AvgIpc) is 2.95. The van der Waals surface area contributed by atoms with E-state index < -0.39 is 11.8 Å². The predicted octanol–water partition coefficient (Wildman–Crippen LogP) is 1.40. The number of rotatable bonds is 5. The Morgan fingerprint density at radius 1 is 1.48 bits per heavy atom. The van der Waals surface area contributed by atoms with E-state index in [2.05, 4.69) is 10.3 Å². The number of methoxy groups -OCH3 is 1. The Morgan fingerprint density at radius 2 is 2.24 bits per heavy atom. The second-order valence-corrected chi connectivity index (χ2v) is 3.90. The van der Waals surface area contributed by atoms with Crippen LogP contribution in [-0.2, 0) is 4.74 Å². The number of halogens is 1. The molecule has 0 fully saturated rings. The minimum atomic E-state index is -0.864. The number of aromatic nitrogens is 3. The number of esters is 1. The second-order valence-electron chi connectivity index (χ2n) is 3.90. The monoisotopic (exact) mass is 293 g/mol. The molecule has 0 amide bonds. The zero-order valence-corrected chi connectivity index (χ0v) is 11.4. The van der Waals surface area contributed by atoms with Crippen LogP contribution in [0.15, 0.2) is 18.3 Å². The Balaban J connectivity index is 2.61. The number of aldehydes is 1. The molecule has 2 aromatic rings. The third-order valence-corrected chi connectivity index (χ3v) is 2.66. The van der Waals surface area contributed by atoms with E-state index in [4.69, 9.17) is 9.47 Å². The summed E-state index contributed by atoms with van der Waals surface area (Å²) in [6.45, 7) is 1.70. The number of ether oxygens (including phenoxy) is 2. The quantitative estimate of drug-likeness (QED) is 0.612. The fourth-order valence-electron chi connectivity index (χ4n) is 1.74. The van der Waals surface area contributed by atoms with Gasteiger partial charge in [0.15, 0.2) is 17.9 Å². The van der Waals surface area contributed by atoms with Crippen LogP contribution in [0.5, 0.6) is 5.75 Å². The molecule has 0 radical (unpaired) electrons. The number of hydrogen-bond acceptors (Lipinski definition) is 6. The molecule has 2 rings (SSSR count). The molecule has 110 valence electrons. The van der Waals surface area contributed by atoms with Gasteiger partial charge in [0.25, 0.3) is 0 Å². The molecule has 0 aliphatic heterocycles. The fraction of sp³-hybridized carbons (Fsp3) is 0.231. The molecule has 0 spiro atoms. The molecular formula is C13H12FN3O4. The molecule has 0 saturated carbocycles. The van der Waals surface area contributed by atoms with Gasteiger partial charge in [-0.05, 0) is 19.1 Å². The molecule has 0 aliphatic rings. The largest absolute Gasteiger partial charge is 0.494 e. The van der Waals surface area contributed by atoms with Crippen LogP contribution in [0.1, 0.15) is 27.8 Å². The topological polar surface area (TPSA) is 83.3 Å². The number of nitrogens with zero attached hydrogens (tertiary/aromatic N) is 3. The molecule has 8 heteroatoms. The summed E-state index contributed by atoms with van der Waals surface area (Å²) < 4.78 is 25.1. The lowest BCUT2D eigenvalue weighted by Gasteiger charge is -2.11. The van der Waals surface area contributed by atoms with Gasteiger partial charge in [0.2, 0.25) is 0 Å². The van der Waals surface area contributed by atoms with E-state index in [0.717, 1.165) is 4.68 Å². The van der Waals surface area contributed by atoms with Gasteiger partial charge >= 0.3 is 5.97 Å². The van der Waals surface area contributed by atoms with Crippen LogP contribution in [-0.4, -0.2) is 41.0 Å². The van der Waals surface area contributed by atoms with E-state index in [1.807, 2.05) is 0 Å². The first kappa shape index (κ1) is 14.6. The zero-order valence-electron chi connectivity index (χ0n) is 11.4. The van der Waals surface area contributed by atoms with Gasteiger partial charge in [-0.15, -0.1) is 5.10 Å². The van der Waals surface area contributed by atoms with E-state index in [0.29, 0.717) is 6.29 Å². The molecule has 1 heterocycles. The van der Waals surface area contributed by atoms with Crippen LogP contribution in [0, 0.1) is 5.82 Å². The minimum absolute atomic E-state index is 0.0565. The van der Waals surface area contributed by atoms with E-state index in [-0.39, 0.29) is 29.3 Å². The Kier molecular flexibility index (Phi) is 4.27. The molecule has 0 atom stereocenters. The van der Waals surface area contributed by atoms with Crippen molar-refractivity contribution in [3.05, 3.63) is 35.4 Å². The lowest BCUT2D eigenvalue weighted by molar-refractivity contribution is 0.0520. The van der Waals surface area contributed by atoms with E-state index >= 15 is 0 Å². The lowest BCUT2D eigenvalue weighted by atomic mass is 10.1. The molecule has 1 aromatic heterocycles. The van der Waals surface area contributed by atoms with Crippen LogP contribution in [0.4, 0.5) is 4.39 Å². The van der Waals surface area contributed by atoms with Crippen LogP contribution in [0.2, 0.25) is 0 Å². The maximum absolute atomic E-state index is 14.3. The Hall–Kier alpha value is -2.77. The Bertz CT molecular complexity index is 684. The molecule has 0 bridgehead atoms. The van der Waals surface area contributed by atoms with Crippen molar-refractivity contribution >= 4 is 12.3 Å². The van der Waals surface area contributed by atoms with E-state index in [9.17, 15) is 14.0 Å². The number of carbonyl (C=O) groups is 2. The first-order valence-electron chi connectivity index (χ1n) is 6.03. The third-order valence-electron chi connectivity index (χ3n) is 2.66. The summed E-state index contributed by atoms with van der Waals surface area (Å²) in [5.74, 6) is -1.82. The van der Waals surface area contributed by atoms with Gasteiger partial charge in [0.1, 0.15) is 11.3 Å². The van der Waals surface area contributed by atoms with Crippen molar-refractivity contribution < 1.29 is 23.5 Å². The summed E-state index contributed by atoms with van der Waals surface area (Å²) in [5, 5.41) is 7.25. The van der Waals surface area contributed by atoms with Gasteiger partial charge in [-0.25, -0.2) is 13.9 Å². The summed E-state index contributed by atoms with van der Waals surface area (Å²) >= 11 is 0. The molecule has 1 aromatic carbocycles. The Labute approximate surface area is 119 Å². The highest BCUT2D eigenvalue weighted by Gasteiger charge is 2.23. The van der Waals surface area contributed by atoms with Crippen molar-refractivity contribution in [3.63, 3.8) is 0 Å². The van der Waals surface area contributed by atoms with Gasteiger partial charge in [-0.3, -0.25) is 4.79 Å². The number of benzene rings is 1. The maximum Gasteiger partial charge on any atom is 0.343 e. The zero-order chi connectivity index (χ0) is 15.4. The summed E-state index contributed by atoms with van der Waals surface area (Å²) in [6, 6.07) is 2.77. The summed E-state index contributed by atoms with van der Waals surface area (Å²) in [5.41, 5.74) is -0.174. The van der Waals surface area contributed by atoms with Crippen molar-refractivity contribution in [2.45, 2.75) is 6.92 Å². The highest BCUT2D eigenvalue weighted by Crippen LogP contribution is 2.26. The molecule has 0 N–H and O–H groups in total. The normalized spacial score (nSPS) is 10.2. The first-order valence-corrected chi connectivity index (χ1v) is 6.03. The maximum atomic E-state index is 14.3. The summed E-state index contributed by atoms with van der Waals surface area (Å²) in [4.78, 5) is 22.6. The molecule has 0 unspecified atom stereocenters. The number of hydrogen-bond donors (Lipinski definition) is 0. The van der Waals surface area contributed by atoms with Crippen molar-refractivity contribution in [1.29, 1.82) is 0 Å². The molecule has 7 nitrogen and oxygen atoms in total. The van der Waals surface area contributed by atoms with Crippen molar-refractivity contribution in [3.8, 4) is 11.4 Å². The van der Waals surface area contributed by atoms with Crippen LogP contribution in [0.25, 0.3) is 5.69 Å². The smallest absolute Gasteiger partial charge is 0.343 e. The Morgan fingerprint density at radius 3 is 2.81 bits per heavy atom. The van der Waals surface area contributed by atoms with Crippen LogP contribution in [0.3, 0.4) is 0 Å². The van der Waals surface area contributed by atoms with Gasteiger partial charge in [-0.2, -0.15) is 0 Å². The van der Waals surface area contributed by atoms with Gasteiger partial charge < -0.3 is 9.47 Å². The molecular weight excluding hydrogens is 281 g/mol. The van der Waals surface area contributed by atoms with Gasteiger partial charge in [-0.1, -0.05) is 5.21 Å². The summed E-state index contributed by atoms with van der Waals surface area (Å²) in [6.07, 6.45) is 1.77. The van der Waals surface area contributed by atoms with Crippen molar-refractivity contribution in [2.75, 3.05) is 13.7 Å². The molecule has 0 saturated heterocycles. The first-order chi connectivity index (χ1) is 10.1. The highest BCUT2D eigenvalue weighted by atomic mass is 19.1. The van der Waals surface area contributed by atoms with Crippen LogP contribution < -0.4 is 4.74 Å². The third kappa shape index (κ3) is 2.73. The molecule has 21 heavy (non-hydrogen) atoms. The van der Waals surface area contributed by atoms with Crippen LogP contribution >= 0.6 is 0 Å². The van der Waals surface area contributed by atoms with E-state index in [1.165, 1.54) is 25.4 Å². The summed E-state index contributed by atoms with van der Waals surface area (Å²) in [7, 11) is 1.28. The number of carbonyl (C=O) groups excluding carboxylic acids is 2. The fourth-order valence-corrected chi connectivity index (χ4v) is 1.74. The predicted molar refractivity (Wildman–Crippen MR) is 69.2 cm³/mol. The SMILES string of the molecule is CCOC(=O)c1c(-n2cc(C=O)nn2)ccc(OC)c1F. The second kappa shape index (κ2) is 6.12. The lowest BCUT2D eigenvalue weighted by Crippen LogP contribution is -2.13. The minimum Gasteiger partial charge on any atom is -0.494 e. The average molecular weight is 293 g/mol. The van der Waals surface area contributed by atoms with Crippen molar-refractivity contribution in [2.24, 2.45) is 0 Å². The van der Waals surface area contributed by atoms with Crippen molar-refractivity contribution in [1.82, 2.24) is 15.0 Å². The standard InChI is InChI=1S/C13H12FN3O4/c1-3-21-13(19)11-9(4-5-10(20-2)12(11)14)17-6-8(7-18)15-16-17/h4-7H,3H2,1-2H3. The highest BCUT2D eigenvalue weighted by molar-refractivity contribution is 5.94.